The lowest BCUT2D eigenvalue weighted by Gasteiger charge is -2.39. The van der Waals surface area contributed by atoms with Crippen molar-refractivity contribution in [2.24, 2.45) is 5.92 Å². The predicted molar refractivity (Wildman–Crippen MR) is 160 cm³/mol. The summed E-state index contributed by atoms with van der Waals surface area (Å²) in [6.07, 6.45) is 3.24. The van der Waals surface area contributed by atoms with E-state index in [2.05, 4.69) is 25.9 Å². The molecule has 12 heteroatoms. The molecule has 5 rings (SSSR count). The van der Waals surface area contributed by atoms with Gasteiger partial charge in [0.25, 0.3) is 5.91 Å². The van der Waals surface area contributed by atoms with Crippen molar-refractivity contribution in [3.8, 4) is 0 Å². The Bertz CT molecular complexity index is 1560. The molecular formula is C32H36N6O6. The van der Waals surface area contributed by atoms with Crippen molar-refractivity contribution in [3.05, 3.63) is 72.1 Å². The van der Waals surface area contributed by atoms with Gasteiger partial charge in [-0.15, -0.1) is 0 Å². The first-order valence-electron chi connectivity index (χ1n) is 14.7. The van der Waals surface area contributed by atoms with E-state index in [9.17, 15) is 24.0 Å². The molecule has 2 fully saturated rings. The average molecular weight is 601 g/mol. The van der Waals surface area contributed by atoms with Crippen LogP contribution in [0.1, 0.15) is 48.7 Å². The molecule has 3 heterocycles. The van der Waals surface area contributed by atoms with Crippen LogP contribution in [0.3, 0.4) is 0 Å². The van der Waals surface area contributed by atoms with Gasteiger partial charge in [0.15, 0.2) is 0 Å². The number of fused-ring (bicyclic) bond motifs is 1. The van der Waals surface area contributed by atoms with Crippen LogP contribution in [0.15, 0.2) is 60.8 Å². The smallest absolute Gasteiger partial charge is 0.328 e. The van der Waals surface area contributed by atoms with Gasteiger partial charge >= 0.3 is 5.97 Å². The zero-order chi connectivity index (χ0) is 31.3. The van der Waals surface area contributed by atoms with Crippen LogP contribution in [0.5, 0.6) is 0 Å². The van der Waals surface area contributed by atoms with E-state index in [1.807, 2.05) is 36.4 Å². The van der Waals surface area contributed by atoms with Gasteiger partial charge in [0.05, 0.1) is 24.3 Å². The number of carbonyl (C=O) groups excluding carboxylic acids is 5. The largest absolute Gasteiger partial charge is 0.467 e. The number of amides is 4. The molecule has 44 heavy (non-hydrogen) atoms. The number of aromatic nitrogens is 2. The summed E-state index contributed by atoms with van der Waals surface area (Å²) in [5, 5.41) is 8.59. The van der Waals surface area contributed by atoms with E-state index in [0.29, 0.717) is 43.4 Å². The van der Waals surface area contributed by atoms with E-state index < -0.39 is 41.3 Å². The first-order chi connectivity index (χ1) is 21.2. The summed E-state index contributed by atoms with van der Waals surface area (Å²) in [5.74, 6) is -2.63. The minimum atomic E-state index is -1.12. The maximum absolute atomic E-state index is 13.7. The molecule has 12 nitrogen and oxygen atoms in total. The van der Waals surface area contributed by atoms with Crippen LogP contribution in [-0.2, 0) is 30.3 Å². The second kappa shape index (κ2) is 13.2. The van der Waals surface area contributed by atoms with E-state index in [-0.39, 0.29) is 30.3 Å². The Labute approximate surface area is 254 Å². The molecule has 2 aromatic carbocycles. The monoisotopic (exact) mass is 600 g/mol. The molecule has 2 aliphatic heterocycles. The van der Waals surface area contributed by atoms with Crippen LogP contribution in [0.25, 0.3) is 11.0 Å². The fraction of sp³-hybridized carbons (Fsp3) is 0.406. The number of hydrogen-bond donors (Lipinski definition) is 3. The Balaban J connectivity index is 1.30. The van der Waals surface area contributed by atoms with E-state index in [1.165, 1.54) is 20.2 Å². The molecule has 1 aromatic heterocycles. The third-order valence-electron chi connectivity index (χ3n) is 8.47. The summed E-state index contributed by atoms with van der Waals surface area (Å²) in [7, 11) is 1.22. The van der Waals surface area contributed by atoms with Crippen molar-refractivity contribution < 1.29 is 28.7 Å². The Kier molecular flexibility index (Phi) is 9.17. The molecule has 3 N–H and O–H groups in total. The Hall–Kier alpha value is -4.87. The van der Waals surface area contributed by atoms with Crippen molar-refractivity contribution >= 4 is 40.6 Å². The number of nitrogens with one attached hydrogen (secondary N) is 3. The summed E-state index contributed by atoms with van der Waals surface area (Å²) in [5.41, 5.74) is 1.55. The van der Waals surface area contributed by atoms with Crippen LogP contribution in [-0.4, -0.2) is 82.3 Å². The summed E-state index contributed by atoms with van der Waals surface area (Å²) in [6, 6.07) is 14.1. The van der Waals surface area contributed by atoms with Gasteiger partial charge in [0.1, 0.15) is 17.8 Å². The molecule has 2 saturated heterocycles. The van der Waals surface area contributed by atoms with Crippen LogP contribution in [0.2, 0.25) is 0 Å². The number of esters is 1. The van der Waals surface area contributed by atoms with Crippen LogP contribution in [0, 0.1) is 5.92 Å². The van der Waals surface area contributed by atoms with E-state index >= 15 is 0 Å². The first-order valence-corrected chi connectivity index (χ1v) is 14.7. The Morgan fingerprint density at radius 3 is 2.36 bits per heavy atom. The maximum atomic E-state index is 13.7. The highest BCUT2D eigenvalue weighted by molar-refractivity contribution is 5.98. The van der Waals surface area contributed by atoms with Crippen molar-refractivity contribution in [1.29, 1.82) is 0 Å². The first kappa shape index (κ1) is 30.6. The van der Waals surface area contributed by atoms with Crippen molar-refractivity contribution in [2.45, 2.75) is 56.7 Å². The molecular weight excluding hydrogens is 564 g/mol. The standard InChI is InChI=1S/C32H36N6O6/c1-20(39)38-14-12-32(13-15-38)18-22(28(40)37-32)17-26(31(43)44-2)36-29(41)25(16-21-8-4-3-5-9-21)35-30(42)27-19-33-23-10-6-7-11-24(23)34-27/h3-11,19,22,25-26H,12-18H2,1-2H3,(H,35,42)(H,36,41)(H,37,40). The molecule has 0 saturated carbocycles. The fourth-order valence-corrected chi connectivity index (χ4v) is 6.02. The van der Waals surface area contributed by atoms with Gasteiger partial charge in [-0.25, -0.2) is 9.78 Å². The SMILES string of the molecule is COC(=O)C(CC1CC2(CCN(C(C)=O)CC2)NC1=O)NC(=O)C(Cc1ccccc1)NC(=O)c1cnc2ccccc2n1. The predicted octanol–water partition coefficient (Wildman–Crippen LogP) is 1.54. The van der Waals surface area contributed by atoms with Gasteiger partial charge < -0.3 is 25.6 Å². The number of nitrogens with zero attached hydrogens (tertiary/aromatic N) is 3. The average Bonchev–Trinajstić information content (AvgIpc) is 3.33. The van der Waals surface area contributed by atoms with E-state index in [4.69, 9.17) is 4.74 Å². The maximum Gasteiger partial charge on any atom is 0.328 e. The molecule has 3 unspecified atom stereocenters. The third-order valence-corrected chi connectivity index (χ3v) is 8.47. The van der Waals surface area contributed by atoms with Gasteiger partial charge in [0, 0.05) is 37.9 Å². The van der Waals surface area contributed by atoms with Gasteiger partial charge in [-0.1, -0.05) is 42.5 Å². The minimum absolute atomic E-state index is 0.000927. The highest BCUT2D eigenvalue weighted by Crippen LogP contribution is 2.36. The number of carbonyl (C=O) groups is 5. The number of likely N-dealkylation sites (tertiary alicyclic amines) is 1. The molecule has 1 spiro atoms. The Morgan fingerprint density at radius 1 is 1.00 bits per heavy atom. The number of para-hydroxylation sites is 2. The summed E-state index contributed by atoms with van der Waals surface area (Å²) >= 11 is 0. The van der Waals surface area contributed by atoms with Gasteiger partial charge in [-0.2, -0.15) is 0 Å². The zero-order valence-electron chi connectivity index (χ0n) is 24.7. The topological polar surface area (TPSA) is 160 Å². The van der Waals surface area contributed by atoms with Gasteiger partial charge in [-0.3, -0.25) is 24.2 Å². The van der Waals surface area contributed by atoms with Gasteiger partial charge in [0.2, 0.25) is 17.7 Å². The second-order valence-electron chi connectivity index (χ2n) is 11.5. The highest BCUT2D eigenvalue weighted by atomic mass is 16.5. The van der Waals surface area contributed by atoms with Crippen LogP contribution >= 0.6 is 0 Å². The molecule has 3 aromatic rings. The van der Waals surface area contributed by atoms with Crippen LogP contribution in [0.4, 0.5) is 0 Å². The minimum Gasteiger partial charge on any atom is -0.467 e. The molecule has 230 valence electrons. The number of hydrogen-bond acceptors (Lipinski definition) is 8. The summed E-state index contributed by atoms with van der Waals surface area (Å²) in [4.78, 5) is 75.1. The van der Waals surface area contributed by atoms with Crippen molar-refractivity contribution in [2.75, 3.05) is 20.2 Å². The molecule has 3 atom stereocenters. The number of piperidine rings is 1. The third kappa shape index (κ3) is 7.01. The zero-order valence-corrected chi connectivity index (χ0v) is 24.7. The summed E-state index contributed by atoms with van der Waals surface area (Å²) < 4.78 is 4.99. The lowest BCUT2D eigenvalue weighted by Crippen LogP contribution is -2.53. The van der Waals surface area contributed by atoms with E-state index in [1.54, 1.807) is 23.1 Å². The number of ether oxygens (including phenoxy) is 1. The molecule has 0 radical (unpaired) electrons. The van der Waals surface area contributed by atoms with E-state index in [0.717, 1.165) is 5.56 Å². The number of methoxy groups -OCH3 is 1. The molecule has 0 aliphatic carbocycles. The summed E-state index contributed by atoms with van der Waals surface area (Å²) in [6.45, 7) is 2.62. The van der Waals surface area contributed by atoms with Crippen molar-refractivity contribution in [1.82, 2.24) is 30.8 Å². The fourth-order valence-electron chi connectivity index (χ4n) is 6.02. The highest BCUT2D eigenvalue weighted by Gasteiger charge is 2.47. The lowest BCUT2D eigenvalue weighted by atomic mass is 9.82. The Morgan fingerprint density at radius 2 is 1.68 bits per heavy atom. The number of benzene rings is 2. The molecule has 0 bridgehead atoms. The molecule has 2 aliphatic rings. The van der Waals surface area contributed by atoms with Crippen molar-refractivity contribution in [3.63, 3.8) is 0 Å². The number of rotatable bonds is 9. The van der Waals surface area contributed by atoms with Gasteiger partial charge in [-0.05, 0) is 43.4 Å². The second-order valence-corrected chi connectivity index (χ2v) is 11.5. The van der Waals surface area contributed by atoms with Crippen LogP contribution < -0.4 is 16.0 Å². The quantitative estimate of drug-likeness (QED) is 0.312. The molecule has 4 amide bonds. The lowest BCUT2D eigenvalue weighted by molar-refractivity contribution is -0.146. The normalized spacial score (nSPS) is 18.7.